The van der Waals surface area contributed by atoms with E-state index in [9.17, 15) is 0 Å². The Kier molecular flexibility index (Phi) is 3.48. The fraction of sp³-hybridized carbons (Fsp3) is 0.333. The Hall–Kier alpha value is -0.135. The smallest absolute Gasteiger partial charge is 0.0827 e. The van der Waals surface area contributed by atoms with Crippen LogP contribution in [0.1, 0.15) is 24.7 Å². The van der Waals surface area contributed by atoms with E-state index < -0.39 is 0 Å². The van der Waals surface area contributed by atoms with Gasteiger partial charge in [-0.15, -0.1) is 0 Å². The second kappa shape index (κ2) is 4.20. The van der Waals surface area contributed by atoms with E-state index in [0.29, 0.717) is 15.9 Å². The predicted octanol–water partition coefficient (Wildman–Crippen LogP) is 3.08. The van der Waals surface area contributed by atoms with Crippen molar-refractivity contribution < 1.29 is 0 Å². The van der Waals surface area contributed by atoms with Crippen LogP contribution in [0.2, 0.25) is 10.0 Å². The fourth-order valence-corrected chi connectivity index (χ4v) is 1.36. The van der Waals surface area contributed by atoms with Gasteiger partial charge in [-0.05, 0) is 17.9 Å². The van der Waals surface area contributed by atoms with Crippen molar-refractivity contribution >= 4 is 31.0 Å². The summed E-state index contributed by atoms with van der Waals surface area (Å²) in [5, 5.41) is 1.28. The van der Waals surface area contributed by atoms with Crippen LogP contribution in [0, 0.1) is 0 Å². The minimum absolute atomic E-state index is 0.555. The zero-order valence-corrected chi connectivity index (χ0v) is 8.78. The van der Waals surface area contributed by atoms with Crippen LogP contribution in [0.15, 0.2) is 18.2 Å². The molecule has 1 rings (SSSR count). The summed E-state index contributed by atoms with van der Waals surface area (Å²) in [5.74, 6) is 0.555. The minimum Gasteiger partial charge on any atom is -0.0827 e. The van der Waals surface area contributed by atoms with Crippen LogP contribution >= 0.6 is 23.2 Å². The standard InChI is InChI=1S/C9H11BCl2/c1-2-7(10)6-3-4-8(11)9(12)5-6/h3-5,7H,2,10H2,1H3. The number of halogens is 2. The number of benzene rings is 1. The molecule has 3 heteroatoms. The van der Waals surface area contributed by atoms with Gasteiger partial charge in [0, 0.05) is 0 Å². The summed E-state index contributed by atoms with van der Waals surface area (Å²) < 4.78 is 0. The van der Waals surface area contributed by atoms with E-state index in [1.807, 2.05) is 18.2 Å². The molecule has 0 bridgehead atoms. The fourth-order valence-electron chi connectivity index (χ4n) is 1.05. The van der Waals surface area contributed by atoms with Crippen molar-refractivity contribution in [3.63, 3.8) is 0 Å². The molecule has 1 atom stereocenters. The van der Waals surface area contributed by atoms with Gasteiger partial charge >= 0.3 is 0 Å². The summed E-state index contributed by atoms with van der Waals surface area (Å²) in [6.45, 7) is 2.16. The first-order valence-electron chi connectivity index (χ1n) is 4.10. The SMILES string of the molecule is BC(CC)c1ccc(Cl)c(Cl)c1. The highest BCUT2D eigenvalue weighted by molar-refractivity contribution is 6.42. The summed E-state index contributed by atoms with van der Waals surface area (Å²) in [6.07, 6.45) is 1.12. The van der Waals surface area contributed by atoms with Crippen molar-refractivity contribution in [3.05, 3.63) is 33.8 Å². The molecular formula is C9H11BCl2. The first-order valence-corrected chi connectivity index (χ1v) is 4.85. The Morgan fingerprint density at radius 1 is 1.33 bits per heavy atom. The molecule has 1 aromatic carbocycles. The third-order valence-corrected chi connectivity index (χ3v) is 2.86. The van der Waals surface area contributed by atoms with Crippen molar-refractivity contribution in [1.82, 2.24) is 0 Å². The van der Waals surface area contributed by atoms with Gasteiger partial charge < -0.3 is 0 Å². The van der Waals surface area contributed by atoms with Crippen molar-refractivity contribution in [2.24, 2.45) is 0 Å². The zero-order chi connectivity index (χ0) is 9.14. The lowest BCUT2D eigenvalue weighted by atomic mass is 9.79. The lowest BCUT2D eigenvalue weighted by Gasteiger charge is -2.09. The summed E-state index contributed by atoms with van der Waals surface area (Å²) in [7, 11) is 2.18. The van der Waals surface area contributed by atoms with Gasteiger partial charge in [0.1, 0.15) is 7.85 Å². The number of hydrogen-bond donors (Lipinski definition) is 0. The molecule has 0 spiro atoms. The van der Waals surface area contributed by atoms with Gasteiger partial charge in [-0.2, -0.15) is 0 Å². The van der Waals surface area contributed by atoms with Crippen LogP contribution in [0.3, 0.4) is 0 Å². The van der Waals surface area contributed by atoms with Gasteiger partial charge in [-0.3, -0.25) is 0 Å². The summed E-state index contributed by atoms with van der Waals surface area (Å²) >= 11 is 11.7. The van der Waals surface area contributed by atoms with E-state index in [1.54, 1.807) is 0 Å². The highest BCUT2D eigenvalue weighted by atomic mass is 35.5. The molecule has 1 unspecified atom stereocenters. The van der Waals surface area contributed by atoms with Crippen molar-refractivity contribution in [3.8, 4) is 0 Å². The molecule has 0 N–H and O–H groups in total. The molecule has 1 aromatic rings. The second-order valence-corrected chi connectivity index (χ2v) is 3.80. The van der Waals surface area contributed by atoms with Gasteiger partial charge in [0.05, 0.1) is 10.0 Å². The number of rotatable bonds is 2. The van der Waals surface area contributed by atoms with Crippen LogP contribution in [-0.4, -0.2) is 7.85 Å². The third-order valence-electron chi connectivity index (χ3n) is 2.13. The average Bonchev–Trinajstić information content (AvgIpc) is 2.08. The predicted molar refractivity (Wildman–Crippen MR) is 58.0 cm³/mol. The molecule has 0 radical (unpaired) electrons. The van der Waals surface area contributed by atoms with Gasteiger partial charge in [0.25, 0.3) is 0 Å². The molecule has 0 nitrogen and oxygen atoms in total. The van der Waals surface area contributed by atoms with Crippen molar-refractivity contribution in [2.75, 3.05) is 0 Å². The lowest BCUT2D eigenvalue weighted by Crippen LogP contribution is -1.95. The Bertz CT molecular complexity index is 273. The quantitative estimate of drug-likeness (QED) is 0.644. The van der Waals surface area contributed by atoms with E-state index >= 15 is 0 Å². The van der Waals surface area contributed by atoms with Crippen LogP contribution in [-0.2, 0) is 0 Å². The average molecular weight is 201 g/mol. The maximum Gasteiger partial charge on any atom is 0.111 e. The molecule has 0 aliphatic heterocycles. The molecule has 0 aromatic heterocycles. The molecule has 0 saturated carbocycles. The largest absolute Gasteiger partial charge is 0.111 e. The second-order valence-electron chi connectivity index (χ2n) is 2.98. The molecule has 0 fully saturated rings. The molecule has 0 heterocycles. The Morgan fingerprint density at radius 3 is 2.50 bits per heavy atom. The summed E-state index contributed by atoms with van der Waals surface area (Å²) in [5.41, 5.74) is 1.26. The molecule has 64 valence electrons. The van der Waals surface area contributed by atoms with E-state index in [0.717, 1.165) is 6.42 Å². The maximum atomic E-state index is 5.88. The normalized spacial score (nSPS) is 12.9. The third kappa shape index (κ3) is 2.18. The lowest BCUT2D eigenvalue weighted by molar-refractivity contribution is 0.882. The summed E-state index contributed by atoms with van der Waals surface area (Å²) in [4.78, 5) is 0. The van der Waals surface area contributed by atoms with Crippen LogP contribution in [0.25, 0.3) is 0 Å². The van der Waals surface area contributed by atoms with Gasteiger partial charge in [0.15, 0.2) is 0 Å². The van der Waals surface area contributed by atoms with Crippen LogP contribution in [0.4, 0.5) is 0 Å². The first kappa shape index (κ1) is 9.95. The highest BCUT2D eigenvalue weighted by Gasteiger charge is 2.04. The topological polar surface area (TPSA) is 0 Å². The Balaban J connectivity index is 2.96. The molecule has 12 heavy (non-hydrogen) atoms. The molecule has 0 aliphatic rings. The van der Waals surface area contributed by atoms with Crippen LogP contribution in [0.5, 0.6) is 0 Å². The van der Waals surface area contributed by atoms with Gasteiger partial charge in [0.2, 0.25) is 0 Å². The molecule has 0 saturated heterocycles. The minimum atomic E-state index is 0.555. The van der Waals surface area contributed by atoms with Crippen molar-refractivity contribution in [1.29, 1.82) is 0 Å². The van der Waals surface area contributed by atoms with Crippen LogP contribution < -0.4 is 0 Å². The number of hydrogen-bond acceptors (Lipinski definition) is 0. The van der Waals surface area contributed by atoms with E-state index in [4.69, 9.17) is 23.2 Å². The highest BCUT2D eigenvalue weighted by Crippen LogP contribution is 2.26. The first-order chi connectivity index (χ1) is 5.65. The van der Waals surface area contributed by atoms with E-state index in [1.165, 1.54) is 5.56 Å². The zero-order valence-electron chi connectivity index (χ0n) is 7.27. The van der Waals surface area contributed by atoms with E-state index in [2.05, 4.69) is 14.8 Å². The van der Waals surface area contributed by atoms with Crippen molar-refractivity contribution in [2.45, 2.75) is 19.2 Å². The monoisotopic (exact) mass is 200 g/mol. The molecule has 0 aliphatic carbocycles. The molecule has 0 amide bonds. The Morgan fingerprint density at radius 2 is 2.00 bits per heavy atom. The summed E-state index contributed by atoms with van der Waals surface area (Å²) in [6, 6.07) is 5.83. The Labute approximate surface area is 84.3 Å². The van der Waals surface area contributed by atoms with Gasteiger partial charge in [-0.1, -0.05) is 48.2 Å². The molecular weight excluding hydrogens is 190 g/mol. The van der Waals surface area contributed by atoms with E-state index in [-0.39, 0.29) is 0 Å². The van der Waals surface area contributed by atoms with Gasteiger partial charge in [-0.25, -0.2) is 0 Å². The maximum absolute atomic E-state index is 5.88.